The van der Waals surface area contributed by atoms with Gasteiger partial charge in [0.25, 0.3) is 0 Å². The van der Waals surface area contributed by atoms with Crippen LogP contribution in [-0.4, -0.2) is 55.5 Å². The molecule has 6 rings (SSSR count). The first-order chi connectivity index (χ1) is 18.6. The molecule has 0 radical (unpaired) electrons. The molecule has 0 aliphatic heterocycles. The lowest BCUT2D eigenvalue weighted by Gasteiger charge is -2.52. The van der Waals surface area contributed by atoms with E-state index in [9.17, 15) is 13.2 Å². The zero-order chi connectivity index (χ0) is 27.8. The van der Waals surface area contributed by atoms with Crippen LogP contribution in [0.4, 0.5) is 10.5 Å². The molecular formula is C27H36N6O4S2. The number of thiazole rings is 1. The van der Waals surface area contributed by atoms with Crippen LogP contribution in [0.2, 0.25) is 0 Å². The number of carbonyl (C=O) groups is 1. The number of sulfone groups is 1. The second-order valence-corrected chi connectivity index (χ2v) is 14.4. The van der Waals surface area contributed by atoms with Crippen LogP contribution in [0, 0.1) is 0 Å². The normalized spacial score (nSPS) is 25.3. The average molecular weight is 573 g/mol. The van der Waals surface area contributed by atoms with Crippen molar-refractivity contribution < 1.29 is 17.9 Å². The maximum atomic E-state index is 13.5. The molecule has 4 aliphatic rings. The lowest BCUT2D eigenvalue weighted by molar-refractivity contribution is 0.0560. The third kappa shape index (κ3) is 5.59. The van der Waals surface area contributed by atoms with E-state index in [0.717, 1.165) is 48.4 Å². The van der Waals surface area contributed by atoms with Crippen molar-refractivity contribution >= 4 is 45.0 Å². The first-order valence-corrected chi connectivity index (χ1v) is 15.8. The van der Waals surface area contributed by atoms with Gasteiger partial charge >= 0.3 is 6.09 Å². The Kier molecular flexibility index (Phi) is 7.55. The Labute approximate surface area is 233 Å². The van der Waals surface area contributed by atoms with Gasteiger partial charge in [-0.1, -0.05) is 6.07 Å². The highest BCUT2D eigenvalue weighted by atomic mass is 32.2. The van der Waals surface area contributed by atoms with E-state index in [1.165, 1.54) is 6.21 Å². The lowest BCUT2D eigenvalue weighted by Crippen LogP contribution is -2.58. The minimum atomic E-state index is -3.51. The van der Waals surface area contributed by atoms with Gasteiger partial charge in [0, 0.05) is 29.8 Å². The van der Waals surface area contributed by atoms with Gasteiger partial charge in [-0.25, -0.2) is 29.0 Å². The summed E-state index contributed by atoms with van der Waals surface area (Å²) >= 11 is 1.58. The standard InChI is InChI=1S/C27H36N6O4S2/c1-17(2)37-25(34)32-27-11-8-26(9-12-27,10-13-27)24-30-15-21(38-24)20-7-4-18(31-23(33-28)16-29-3)14-22(20)39(35,36)19-5-6-19/h4,7,14-17,19H,5-6,8-13,28H2,1-3H3,(H,31,33)(H,32,34). The molecule has 4 fully saturated rings. The topological polar surface area (TPSA) is 148 Å². The van der Waals surface area contributed by atoms with Gasteiger partial charge in [0.15, 0.2) is 15.7 Å². The van der Waals surface area contributed by atoms with Gasteiger partial charge in [-0.2, -0.15) is 0 Å². The molecule has 1 amide bonds. The Morgan fingerprint density at radius 1 is 1.21 bits per heavy atom. The van der Waals surface area contributed by atoms with Crippen molar-refractivity contribution in [1.29, 1.82) is 0 Å². The number of amidine groups is 1. The molecule has 12 heteroatoms. The summed E-state index contributed by atoms with van der Waals surface area (Å²) in [6.07, 6.45) is 9.54. The van der Waals surface area contributed by atoms with E-state index in [1.807, 2.05) is 26.1 Å². The highest BCUT2D eigenvalue weighted by Crippen LogP contribution is 2.55. The van der Waals surface area contributed by atoms with Gasteiger partial charge in [0.2, 0.25) is 0 Å². The van der Waals surface area contributed by atoms with Crippen molar-refractivity contribution in [3.63, 3.8) is 0 Å². The van der Waals surface area contributed by atoms with E-state index < -0.39 is 9.84 Å². The number of hydrogen-bond donors (Lipinski definition) is 3. The summed E-state index contributed by atoms with van der Waals surface area (Å²) in [6, 6.07) is 5.23. The molecule has 2 bridgehead atoms. The van der Waals surface area contributed by atoms with Crippen molar-refractivity contribution in [2.75, 3.05) is 7.05 Å². The number of benzene rings is 1. The number of alkyl carbamates (subject to hydrolysis) is 1. The molecular weight excluding hydrogens is 536 g/mol. The first kappa shape index (κ1) is 27.7. The van der Waals surface area contributed by atoms with Crippen LogP contribution in [0.15, 0.2) is 39.3 Å². The fourth-order valence-corrected chi connectivity index (χ4v) is 8.91. The number of nitrogens with zero attached hydrogens (tertiary/aromatic N) is 3. The molecule has 0 unspecified atom stereocenters. The molecule has 0 atom stereocenters. The maximum absolute atomic E-state index is 13.5. The number of nitrogens with two attached hydrogens (primary N) is 1. The third-order valence-corrected chi connectivity index (χ3v) is 11.6. The lowest BCUT2D eigenvalue weighted by atomic mass is 9.57. The summed E-state index contributed by atoms with van der Waals surface area (Å²) in [7, 11) is -1.90. The number of aromatic nitrogens is 1. The number of nitrogens with one attached hydrogen (secondary N) is 2. The van der Waals surface area contributed by atoms with Crippen LogP contribution in [0.1, 0.15) is 70.2 Å². The monoisotopic (exact) mass is 572 g/mol. The zero-order valence-electron chi connectivity index (χ0n) is 22.6. The van der Waals surface area contributed by atoms with Crippen molar-refractivity contribution in [3.05, 3.63) is 29.4 Å². The Bertz CT molecular complexity index is 1390. The molecule has 4 aliphatic carbocycles. The van der Waals surface area contributed by atoms with Crippen molar-refractivity contribution in [2.45, 2.75) is 92.4 Å². The minimum Gasteiger partial charge on any atom is -0.447 e. The Balaban J connectivity index is 1.42. The molecule has 1 heterocycles. The Morgan fingerprint density at radius 3 is 2.49 bits per heavy atom. The molecule has 1 aromatic heterocycles. The molecule has 4 N–H and O–H groups in total. The molecule has 1 aromatic carbocycles. The number of hydrazine groups is 1. The van der Waals surface area contributed by atoms with Crippen LogP contribution in [0.25, 0.3) is 10.4 Å². The predicted octanol–water partition coefficient (Wildman–Crippen LogP) is 4.42. The minimum absolute atomic E-state index is 0.0464. The van der Waals surface area contributed by atoms with E-state index in [2.05, 4.69) is 20.7 Å². The zero-order valence-corrected chi connectivity index (χ0v) is 24.2. The van der Waals surface area contributed by atoms with Gasteiger partial charge in [-0.3, -0.25) is 4.99 Å². The molecule has 10 nitrogen and oxygen atoms in total. The first-order valence-electron chi connectivity index (χ1n) is 13.4. The largest absolute Gasteiger partial charge is 0.447 e. The molecule has 0 saturated heterocycles. The smallest absolute Gasteiger partial charge is 0.407 e. The van der Waals surface area contributed by atoms with Crippen molar-refractivity contribution in [1.82, 2.24) is 15.7 Å². The number of amides is 1. The van der Waals surface area contributed by atoms with Gasteiger partial charge in [-0.05, 0) is 77.3 Å². The summed E-state index contributed by atoms with van der Waals surface area (Å²) in [6.45, 7) is 3.70. The van der Waals surface area contributed by atoms with E-state index in [-0.39, 0.29) is 33.3 Å². The molecule has 4 saturated carbocycles. The Hall–Kier alpha value is -2.83. The number of fused-ring (bicyclic) bond motifs is 3. The van der Waals surface area contributed by atoms with Crippen molar-refractivity contribution in [3.8, 4) is 10.4 Å². The van der Waals surface area contributed by atoms with Crippen LogP contribution in [0.3, 0.4) is 0 Å². The maximum Gasteiger partial charge on any atom is 0.407 e. The summed E-state index contributed by atoms with van der Waals surface area (Å²) < 4.78 is 32.3. The molecule has 2 aromatic rings. The van der Waals surface area contributed by atoms with Crippen LogP contribution in [0.5, 0.6) is 0 Å². The number of carbonyl (C=O) groups excluding carboxylic acids is 1. The summed E-state index contributed by atoms with van der Waals surface area (Å²) in [5.74, 6) is 5.87. The molecule has 39 heavy (non-hydrogen) atoms. The van der Waals surface area contributed by atoms with E-state index >= 15 is 0 Å². The van der Waals surface area contributed by atoms with Gasteiger partial charge in [-0.15, -0.1) is 11.3 Å². The summed E-state index contributed by atoms with van der Waals surface area (Å²) in [5.41, 5.74) is 3.36. The fraction of sp³-hybridized carbons (Fsp3) is 0.556. The third-order valence-electron chi connectivity index (χ3n) is 8.06. The van der Waals surface area contributed by atoms with Crippen LogP contribution >= 0.6 is 11.3 Å². The van der Waals surface area contributed by atoms with Crippen molar-refractivity contribution in [2.24, 2.45) is 15.8 Å². The van der Waals surface area contributed by atoms with Gasteiger partial charge in [0.05, 0.1) is 38.0 Å². The highest BCUT2D eigenvalue weighted by Gasteiger charge is 2.51. The SMILES string of the molecule is CN=CC(=Nc1ccc(-c2cnc(C34CCC(NC(=O)OC(C)C)(CC3)CC4)s2)c(S(=O)(=O)C2CC2)c1)NN. The van der Waals surface area contributed by atoms with E-state index in [1.54, 1.807) is 30.5 Å². The fourth-order valence-electron chi connectivity index (χ4n) is 5.74. The van der Waals surface area contributed by atoms with E-state index in [4.69, 9.17) is 15.6 Å². The quantitative estimate of drug-likeness (QED) is 0.184. The summed E-state index contributed by atoms with van der Waals surface area (Å²) in [4.78, 5) is 26.6. The number of aliphatic imine (C=N–C) groups is 2. The highest BCUT2D eigenvalue weighted by molar-refractivity contribution is 7.92. The number of ether oxygens (including phenoxy) is 1. The number of rotatable bonds is 8. The number of hydrogen-bond acceptors (Lipinski definition) is 9. The molecule has 0 spiro atoms. The summed E-state index contributed by atoms with van der Waals surface area (Å²) in [5, 5.41) is 3.83. The second-order valence-electron chi connectivity index (χ2n) is 11.1. The second kappa shape index (κ2) is 10.6. The average Bonchev–Trinajstić information content (AvgIpc) is 3.66. The van der Waals surface area contributed by atoms with E-state index in [0.29, 0.717) is 29.9 Å². The predicted molar refractivity (Wildman–Crippen MR) is 153 cm³/mol. The Morgan fingerprint density at radius 2 is 1.90 bits per heavy atom. The van der Waals surface area contributed by atoms with Gasteiger partial charge < -0.3 is 15.5 Å². The van der Waals surface area contributed by atoms with Crippen LogP contribution in [-0.2, 0) is 20.0 Å². The van der Waals surface area contributed by atoms with Gasteiger partial charge in [0.1, 0.15) is 0 Å². The van der Waals surface area contributed by atoms with Crippen LogP contribution < -0.4 is 16.6 Å². The molecule has 210 valence electrons.